The van der Waals surface area contributed by atoms with Gasteiger partial charge in [-0.15, -0.1) is 5.10 Å². The molecule has 0 amide bonds. The van der Waals surface area contributed by atoms with Crippen LogP contribution >= 0.6 is 0 Å². The van der Waals surface area contributed by atoms with E-state index in [-0.39, 0.29) is 5.95 Å². The predicted molar refractivity (Wildman–Crippen MR) is 84.3 cm³/mol. The third-order valence-corrected chi connectivity index (χ3v) is 2.96. The molecule has 0 saturated carbocycles. The molecule has 22 heavy (non-hydrogen) atoms. The number of furan rings is 1. The molecular weight excluding hydrogens is 284 g/mol. The van der Waals surface area contributed by atoms with E-state index in [4.69, 9.17) is 14.9 Å². The van der Waals surface area contributed by atoms with E-state index < -0.39 is 0 Å². The van der Waals surface area contributed by atoms with Crippen molar-refractivity contribution in [1.82, 2.24) is 19.7 Å². The summed E-state index contributed by atoms with van der Waals surface area (Å²) in [5.41, 5.74) is 5.51. The lowest BCUT2D eigenvalue weighted by molar-refractivity contribution is 0.104. The van der Waals surface area contributed by atoms with Crippen molar-refractivity contribution in [3.05, 3.63) is 23.7 Å². The SMILES string of the molecule is CN(C)Cc1ccc(COCCCNc2nc(N)nn2C)o1. The van der Waals surface area contributed by atoms with Crippen LogP contribution in [0.4, 0.5) is 11.9 Å². The summed E-state index contributed by atoms with van der Waals surface area (Å²) in [6.07, 6.45) is 0.859. The van der Waals surface area contributed by atoms with Crippen LogP contribution in [0.2, 0.25) is 0 Å². The first-order valence-electron chi connectivity index (χ1n) is 7.25. The lowest BCUT2D eigenvalue weighted by Crippen LogP contribution is -2.10. The zero-order valence-corrected chi connectivity index (χ0v) is 13.4. The fourth-order valence-electron chi connectivity index (χ4n) is 2.00. The van der Waals surface area contributed by atoms with Crippen LogP contribution in [0.25, 0.3) is 0 Å². The zero-order valence-electron chi connectivity index (χ0n) is 13.4. The molecule has 0 unspecified atom stereocenters. The summed E-state index contributed by atoms with van der Waals surface area (Å²) in [4.78, 5) is 6.12. The number of rotatable bonds is 9. The zero-order chi connectivity index (χ0) is 15.9. The van der Waals surface area contributed by atoms with Gasteiger partial charge in [0.2, 0.25) is 11.9 Å². The van der Waals surface area contributed by atoms with E-state index in [0.717, 1.165) is 31.0 Å². The second-order valence-electron chi connectivity index (χ2n) is 5.36. The third-order valence-electron chi connectivity index (χ3n) is 2.96. The third kappa shape index (κ3) is 5.05. The summed E-state index contributed by atoms with van der Waals surface area (Å²) < 4.78 is 12.9. The molecule has 2 aromatic rings. The molecule has 0 bridgehead atoms. The molecule has 0 saturated heterocycles. The van der Waals surface area contributed by atoms with Gasteiger partial charge in [-0.1, -0.05) is 0 Å². The summed E-state index contributed by atoms with van der Waals surface area (Å²) in [7, 11) is 5.82. The topological polar surface area (TPSA) is 94.4 Å². The summed E-state index contributed by atoms with van der Waals surface area (Å²) in [5, 5.41) is 7.12. The highest BCUT2D eigenvalue weighted by Crippen LogP contribution is 2.10. The molecule has 0 spiro atoms. The standard InChI is InChI=1S/C14H24N6O2/c1-19(2)9-11-5-6-12(22-11)10-21-8-4-7-16-14-17-13(15)18-20(14)3/h5-6H,4,7-10H2,1-3H3,(H3,15,16,17,18). The monoisotopic (exact) mass is 308 g/mol. The number of aromatic nitrogens is 3. The maximum Gasteiger partial charge on any atom is 0.241 e. The molecular formula is C14H24N6O2. The predicted octanol–water partition coefficient (Wildman–Crippen LogP) is 1.07. The van der Waals surface area contributed by atoms with Crippen molar-refractivity contribution < 1.29 is 9.15 Å². The van der Waals surface area contributed by atoms with E-state index >= 15 is 0 Å². The molecule has 0 aliphatic heterocycles. The van der Waals surface area contributed by atoms with Crippen molar-refractivity contribution in [1.29, 1.82) is 0 Å². The smallest absolute Gasteiger partial charge is 0.241 e. The Morgan fingerprint density at radius 1 is 1.36 bits per heavy atom. The molecule has 2 rings (SSSR count). The van der Waals surface area contributed by atoms with Crippen LogP contribution in [0, 0.1) is 0 Å². The number of anilines is 2. The van der Waals surface area contributed by atoms with Crippen molar-refractivity contribution in [3.8, 4) is 0 Å². The van der Waals surface area contributed by atoms with E-state index in [1.807, 2.05) is 26.2 Å². The Bertz CT molecular complexity index is 578. The van der Waals surface area contributed by atoms with Gasteiger partial charge in [0, 0.05) is 20.2 Å². The molecule has 3 N–H and O–H groups in total. The van der Waals surface area contributed by atoms with Gasteiger partial charge in [-0.25, -0.2) is 4.68 Å². The van der Waals surface area contributed by atoms with E-state index in [2.05, 4.69) is 20.3 Å². The van der Waals surface area contributed by atoms with Crippen molar-refractivity contribution in [2.45, 2.75) is 19.6 Å². The first-order valence-corrected chi connectivity index (χ1v) is 7.25. The minimum Gasteiger partial charge on any atom is -0.462 e. The van der Waals surface area contributed by atoms with Gasteiger partial charge in [0.05, 0.1) is 6.54 Å². The summed E-state index contributed by atoms with van der Waals surface area (Å²) in [6.45, 7) is 2.68. The molecule has 0 aromatic carbocycles. The van der Waals surface area contributed by atoms with Gasteiger partial charge in [0.15, 0.2) is 0 Å². The first-order chi connectivity index (χ1) is 10.5. The minimum atomic E-state index is 0.271. The van der Waals surface area contributed by atoms with Crippen LogP contribution in [0.15, 0.2) is 16.5 Å². The van der Waals surface area contributed by atoms with Crippen molar-refractivity contribution in [3.63, 3.8) is 0 Å². The van der Waals surface area contributed by atoms with Gasteiger partial charge in [-0.2, -0.15) is 4.98 Å². The number of ether oxygens (including phenoxy) is 1. The summed E-state index contributed by atoms with van der Waals surface area (Å²) >= 11 is 0. The number of nitrogen functional groups attached to an aromatic ring is 1. The molecule has 0 atom stereocenters. The van der Waals surface area contributed by atoms with E-state index in [1.54, 1.807) is 11.7 Å². The Morgan fingerprint density at radius 3 is 2.82 bits per heavy atom. The molecule has 122 valence electrons. The number of hydrogen-bond donors (Lipinski definition) is 2. The van der Waals surface area contributed by atoms with Gasteiger partial charge in [0.1, 0.15) is 18.1 Å². The van der Waals surface area contributed by atoms with E-state index in [0.29, 0.717) is 19.2 Å². The molecule has 8 nitrogen and oxygen atoms in total. The number of nitrogens with one attached hydrogen (secondary N) is 1. The molecule has 2 aromatic heterocycles. The van der Waals surface area contributed by atoms with Gasteiger partial charge >= 0.3 is 0 Å². The van der Waals surface area contributed by atoms with Crippen LogP contribution < -0.4 is 11.1 Å². The van der Waals surface area contributed by atoms with Gasteiger partial charge in [-0.05, 0) is 32.6 Å². The molecule has 2 heterocycles. The fraction of sp³-hybridized carbons (Fsp3) is 0.571. The molecule has 8 heteroatoms. The Labute approximate surface area is 130 Å². The lowest BCUT2D eigenvalue weighted by Gasteiger charge is -2.06. The van der Waals surface area contributed by atoms with Crippen molar-refractivity contribution in [2.24, 2.45) is 7.05 Å². The average molecular weight is 308 g/mol. The molecule has 0 aliphatic carbocycles. The van der Waals surface area contributed by atoms with Gasteiger partial charge in [0.25, 0.3) is 0 Å². The van der Waals surface area contributed by atoms with Crippen LogP contribution in [0.3, 0.4) is 0 Å². The largest absolute Gasteiger partial charge is 0.462 e. The van der Waals surface area contributed by atoms with Crippen molar-refractivity contribution in [2.75, 3.05) is 38.3 Å². The quantitative estimate of drug-likeness (QED) is 0.669. The Morgan fingerprint density at radius 2 is 2.14 bits per heavy atom. The Balaban J connectivity index is 1.59. The number of hydrogen-bond acceptors (Lipinski definition) is 7. The fourth-order valence-corrected chi connectivity index (χ4v) is 2.00. The highest BCUT2D eigenvalue weighted by molar-refractivity contribution is 5.31. The van der Waals surface area contributed by atoms with Gasteiger partial charge < -0.3 is 25.1 Å². The van der Waals surface area contributed by atoms with E-state index in [1.165, 1.54) is 0 Å². The molecule has 0 aliphatic rings. The van der Waals surface area contributed by atoms with Crippen LogP contribution in [0.1, 0.15) is 17.9 Å². The molecule has 0 fully saturated rings. The molecule has 0 radical (unpaired) electrons. The van der Waals surface area contributed by atoms with Crippen LogP contribution in [-0.4, -0.2) is 46.9 Å². The van der Waals surface area contributed by atoms with Crippen LogP contribution in [-0.2, 0) is 24.9 Å². The average Bonchev–Trinajstić information content (AvgIpc) is 3.00. The number of aryl methyl sites for hydroxylation is 1. The lowest BCUT2D eigenvalue weighted by atomic mass is 10.4. The second-order valence-corrected chi connectivity index (χ2v) is 5.36. The Hall–Kier alpha value is -2.06. The van der Waals surface area contributed by atoms with Gasteiger partial charge in [-0.3, -0.25) is 0 Å². The highest BCUT2D eigenvalue weighted by Gasteiger charge is 2.04. The number of nitrogens with zero attached hydrogens (tertiary/aromatic N) is 4. The van der Waals surface area contributed by atoms with E-state index in [9.17, 15) is 0 Å². The second kappa shape index (κ2) is 7.81. The normalized spacial score (nSPS) is 11.3. The summed E-state index contributed by atoms with van der Waals surface area (Å²) in [6, 6.07) is 3.94. The summed E-state index contributed by atoms with van der Waals surface area (Å²) in [5.74, 6) is 2.74. The maximum atomic E-state index is 5.67. The number of nitrogens with two attached hydrogens (primary N) is 1. The van der Waals surface area contributed by atoms with Crippen LogP contribution in [0.5, 0.6) is 0 Å². The first kappa shape index (κ1) is 16.3. The van der Waals surface area contributed by atoms with Crippen molar-refractivity contribution >= 4 is 11.9 Å². The minimum absolute atomic E-state index is 0.271. The Kier molecular flexibility index (Phi) is 5.79. The highest BCUT2D eigenvalue weighted by atomic mass is 16.5. The maximum absolute atomic E-state index is 5.67.